The van der Waals surface area contributed by atoms with Gasteiger partial charge in [-0.15, -0.1) is 0 Å². The van der Waals surface area contributed by atoms with Gasteiger partial charge in [-0.3, -0.25) is 14.5 Å². The molecule has 0 aromatic heterocycles. The first-order chi connectivity index (χ1) is 20.6. The second-order valence-electron chi connectivity index (χ2n) is 13.6. The van der Waals surface area contributed by atoms with E-state index in [4.69, 9.17) is 10.5 Å². The number of allylic oxidation sites excluding steroid dienone is 1. The number of primary amides is 1. The van der Waals surface area contributed by atoms with E-state index in [-0.39, 0.29) is 17.6 Å². The normalized spacial score (nSPS) is 23.3. The molecule has 2 aromatic rings. The summed E-state index contributed by atoms with van der Waals surface area (Å²) in [4.78, 5) is 41.7. The maximum atomic E-state index is 13.9. The molecule has 3 amide bonds. The predicted molar refractivity (Wildman–Crippen MR) is 168 cm³/mol. The molecule has 4 N–H and O–H groups in total. The smallest absolute Gasteiger partial charge is 0.414 e. The third-order valence-electron chi connectivity index (χ3n) is 8.48. The summed E-state index contributed by atoms with van der Waals surface area (Å²) in [6.07, 6.45) is 1.21. The van der Waals surface area contributed by atoms with Crippen LogP contribution in [-0.2, 0) is 27.2 Å². The average Bonchev–Trinajstić information content (AvgIpc) is 3.35. The summed E-state index contributed by atoms with van der Waals surface area (Å²) in [5.74, 6) is -1.78. The second-order valence-corrected chi connectivity index (χ2v) is 14.2. The van der Waals surface area contributed by atoms with Crippen LogP contribution in [0.2, 0.25) is 0 Å². The topological polar surface area (TPSA) is 114 Å². The highest BCUT2D eigenvalue weighted by Gasteiger charge is 2.49. The number of benzene rings is 2. The number of anilines is 1. The van der Waals surface area contributed by atoms with Crippen molar-refractivity contribution in [1.82, 2.24) is 10.6 Å². The van der Waals surface area contributed by atoms with Gasteiger partial charge in [0, 0.05) is 46.1 Å². The van der Waals surface area contributed by atoms with Crippen molar-refractivity contribution in [3.63, 3.8) is 0 Å². The lowest BCUT2D eigenvalue weighted by Crippen LogP contribution is -2.58. The fourth-order valence-corrected chi connectivity index (χ4v) is 6.85. The van der Waals surface area contributed by atoms with Crippen molar-refractivity contribution in [3.8, 4) is 0 Å². The van der Waals surface area contributed by atoms with Crippen LogP contribution in [0.25, 0.3) is 0 Å². The molecule has 0 aliphatic carbocycles. The van der Waals surface area contributed by atoms with Crippen LogP contribution in [0.4, 0.5) is 14.9 Å². The fourth-order valence-electron chi connectivity index (χ4n) is 6.47. The molecule has 2 unspecified atom stereocenters. The number of carbonyl (C=O) groups excluding carboxylic acids is 3. The van der Waals surface area contributed by atoms with Gasteiger partial charge in [0.25, 0.3) is 0 Å². The van der Waals surface area contributed by atoms with E-state index in [9.17, 15) is 18.8 Å². The largest absolute Gasteiger partial charge is 0.443 e. The molecule has 44 heavy (non-hydrogen) atoms. The van der Waals surface area contributed by atoms with Gasteiger partial charge in [-0.2, -0.15) is 0 Å². The molecule has 2 aromatic carbocycles. The Kier molecular flexibility index (Phi) is 8.26. The first-order valence-corrected chi connectivity index (χ1v) is 15.6. The van der Waals surface area contributed by atoms with E-state index in [0.29, 0.717) is 48.3 Å². The number of amides is 3. The number of halogens is 1. The van der Waals surface area contributed by atoms with Crippen molar-refractivity contribution in [2.45, 2.75) is 78.0 Å². The molecule has 0 spiro atoms. The standard InChI is InChI=1S/C34H40FN4O4Si/c1-18(2)15-23-26(29(36)40)25(21-9-12-24-20(16-21)13-14-39(24)32(42)43-33(3,4)5)27-28(37-23)34(6,31(44)38-30(27)41)17-19-7-10-22(35)11-8-19/h7-12,16,18,25,31,37H,13-15,17H2,1-6H3,(H2,36,40)(H,38,41)/t25?,31?,34-/m0/s1. The maximum Gasteiger partial charge on any atom is 0.414 e. The van der Waals surface area contributed by atoms with E-state index >= 15 is 0 Å². The van der Waals surface area contributed by atoms with Crippen LogP contribution in [0.1, 0.15) is 70.6 Å². The van der Waals surface area contributed by atoms with Crippen LogP contribution >= 0.6 is 0 Å². The number of nitrogens with one attached hydrogen (secondary N) is 2. The predicted octanol–water partition coefficient (Wildman–Crippen LogP) is 4.72. The highest BCUT2D eigenvalue weighted by atomic mass is 28.1. The summed E-state index contributed by atoms with van der Waals surface area (Å²) in [5.41, 5.74) is 9.78. The molecule has 3 radical (unpaired) electrons. The van der Waals surface area contributed by atoms with E-state index in [2.05, 4.69) is 34.7 Å². The van der Waals surface area contributed by atoms with Gasteiger partial charge in [-0.05, 0) is 80.8 Å². The zero-order valence-corrected chi connectivity index (χ0v) is 27.1. The maximum absolute atomic E-state index is 13.9. The van der Waals surface area contributed by atoms with E-state index in [1.165, 1.54) is 12.1 Å². The number of carbonyl (C=O) groups is 3. The Labute approximate surface area is 261 Å². The molecule has 0 saturated carbocycles. The van der Waals surface area contributed by atoms with Crippen molar-refractivity contribution >= 4 is 33.8 Å². The van der Waals surface area contributed by atoms with Crippen molar-refractivity contribution in [1.29, 1.82) is 0 Å². The van der Waals surface area contributed by atoms with Gasteiger partial charge in [0.15, 0.2) is 0 Å². The number of rotatable bonds is 6. The number of ether oxygens (including phenoxy) is 1. The van der Waals surface area contributed by atoms with E-state index < -0.39 is 34.6 Å². The number of hydrogen-bond acceptors (Lipinski definition) is 5. The van der Waals surface area contributed by atoms with Gasteiger partial charge in [0.05, 0.1) is 15.9 Å². The minimum atomic E-state index is -0.731. The lowest BCUT2D eigenvalue weighted by atomic mass is 9.68. The number of hydrogen-bond donors (Lipinski definition) is 3. The van der Waals surface area contributed by atoms with Gasteiger partial charge in [-0.25, -0.2) is 9.18 Å². The summed E-state index contributed by atoms with van der Waals surface area (Å²) < 4.78 is 19.4. The monoisotopic (exact) mass is 615 g/mol. The molecule has 10 heteroatoms. The molecule has 3 atom stereocenters. The van der Waals surface area contributed by atoms with Crippen LogP contribution in [0.15, 0.2) is 65.0 Å². The molecule has 0 saturated heterocycles. The lowest BCUT2D eigenvalue weighted by Gasteiger charge is -2.48. The SMILES string of the molecule is CC(C)CC1=C(C(N)=O)C(c2ccc3c(c2)CCN3C(=O)OC(C)(C)C)C2=C(N1)[C@](C)(Cc1ccc(F)cc1)C([Si])NC2=O. The number of dihydropyridines is 1. The number of fused-ring (bicyclic) bond motifs is 1. The van der Waals surface area contributed by atoms with Crippen molar-refractivity contribution in [3.05, 3.63) is 87.5 Å². The first-order valence-electron chi connectivity index (χ1n) is 15.0. The Bertz CT molecular complexity index is 1580. The highest BCUT2D eigenvalue weighted by Crippen LogP contribution is 2.48. The first kappa shape index (κ1) is 31.5. The second kappa shape index (κ2) is 11.5. The van der Waals surface area contributed by atoms with Gasteiger partial charge in [-0.1, -0.05) is 45.0 Å². The zero-order valence-electron chi connectivity index (χ0n) is 26.1. The molecule has 5 rings (SSSR count). The van der Waals surface area contributed by atoms with E-state index in [1.54, 1.807) is 17.0 Å². The van der Waals surface area contributed by atoms with Gasteiger partial charge in [0.2, 0.25) is 11.8 Å². The van der Waals surface area contributed by atoms with Crippen LogP contribution in [0, 0.1) is 17.2 Å². The minimum absolute atomic E-state index is 0.192. The number of nitrogens with zero attached hydrogens (tertiary/aromatic N) is 1. The third kappa shape index (κ3) is 5.91. The summed E-state index contributed by atoms with van der Waals surface area (Å²) >= 11 is 0. The summed E-state index contributed by atoms with van der Waals surface area (Å²) in [6.45, 7) is 12.1. The fraction of sp³-hybridized carbons (Fsp3) is 0.441. The third-order valence-corrected chi connectivity index (χ3v) is 9.27. The summed E-state index contributed by atoms with van der Waals surface area (Å²) in [6, 6.07) is 12.0. The van der Waals surface area contributed by atoms with E-state index in [0.717, 1.165) is 22.4 Å². The molecule has 3 aliphatic rings. The molecule has 231 valence electrons. The van der Waals surface area contributed by atoms with Gasteiger partial charge in [0.1, 0.15) is 11.4 Å². The average molecular weight is 616 g/mol. The van der Waals surface area contributed by atoms with Crippen molar-refractivity contribution < 1.29 is 23.5 Å². The van der Waals surface area contributed by atoms with Gasteiger partial charge < -0.3 is 21.1 Å². The van der Waals surface area contributed by atoms with Crippen LogP contribution in [0.5, 0.6) is 0 Å². The molecule has 3 aliphatic heterocycles. The molecule has 0 bridgehead atoms. The Morgan fingerprint density at radius 3 is 2.48 bits per heavy atom. The molecule has 0 fully saturated rings. The van der Waals surface area contributed by atoms with Crippen LogP contribution < -0.4 is 21.3 Å². The van der Waals surface area contributed by atoms with Crippen molar-refractivity contribution in [2.24, 2.45) is 17.1 Å². The van der Waals surface area contributed by atoms with Crippen LogP contribution in [-0.4, -0.2) is 46.0 Å². The Balaban J connectivity index is 1.65. The molecule has 3 heterocycles. The lowest BCUT2D eigenvalue weighted by molar-refractivity contribution is -0.119. The van der Waals surface area contributed by atoms with Crippen LogP contribution in [0.3, 0.4) is 0 Å². The Morgan fingerprint density at radius 1 is 1.18 bits per heavy atom. The molecular weight excluding hydrogens is 575 g/mol. The van der Waals surface area contributed by atoms with Gasteiger partial charge >= 0.3 is 6.09 Å². The Morgan fingerprint density at radius 2 is 1.86 bits per heavy atom. The summed E-state index contributed by atoms with van der Waals surface area (Å²) in [5, 5.41) is 6.59. The summed E-state index contributed by atoms with van der Waals surface area (Å²) in [7, 11) is 3.79. The van der Waals surface area contributed by atoms with E-state index in [1.807, 2.05) is 45.9 Å². The minimum Gasteiger partial charge on any atom is -0.443 e. The Hall–Kier alpha value is -3.92. The van der Waals surface area contributed by atoms with Crippen molar-refractivity contribution in [2.75, 3.05) is 11.4 Å². The zero-order chi connectivity index (χ0) is 32.1. The molecular formula is C34H40FN4O4Si. The molecule has 8 nitrogen and oxygen atoms in total. The quantitative estimate of drug-likeness (QED) is 0.407. The number of nitrogens with two attached hydrogens (primary N) is 1. The highest BCUT2D eigenvalue weighted by molar-refractivity contribution is 6.16.